The Morgan fingerprint density at radius 2 is 1.57 bits per heavy atom. The van der Waals surface area contributed by atoms with Crippen molar-refractivity contribution in [2.24, 2.45) is 0 Å². The van der Waals surface area contributed by atoms with Gasteiger partial charge in [0.15, 0.2) is 5.82 Å². The Morgan fingerprint density at radius 3 is 2.07 bits per heavy atom. The average Bonchev–Trinajstić information content (AvgIpc) is 2.74. The summed E-state index contributed by atoms with van der Waals surface area (Å²) in [7, 11) is 0. The Kier molecular flexibility index (Phi) is 5.91. The minimum Gasteiger partial charge on any atom is -0.384 e. The van der Waals surface area contributed by atoms with E-state index in [2.05, 4.69) is 19.9 Å². The molecule has 2 aliphatic heterocycles. The molecular formula is C19H25F2N7O2. The van der Waals surface area contributed by atoms with E-state index >= 15 is 0 Å². The lowest BCUT2D eigenvalue weighted by molar-refractivity contribution is 0.0969. The second-order valence-corrected chi connectivity index (χ2v) is 7.49. The molecule has 2 N–H and O–H groups in total. The van der Waals surface area contributed by atoms with E-state index in [9.17, 15) is 8.78 Å². The highest BCUT2D eigenvalue weighted by Gasteiger charge is 2.28. The minimum absolute atomic E-state index is 0.0205. The largest absolute Gasteiger partial charge is 0.384 e. The number of pyridine rings is 1. The third kappa shape index (κ3) is 4.12. The molecule has 162 valence electrons. The molecule has 0 aromatic carbocycles. The summed E-state index contributed by atoms with van der Waals surface area (Å²) in [6.07, 6.45) is -1.44. The van der Waals surface area contributed by atoms with Crippen molar-refractivity contribution >= 4 is 17.7 Å². The number of halogens is 2. The molecule has 4 heterocycles. The average molecular weight is 421 g/mol. The lowest BCUT2D eigenvalue weighted by Gasteiger charge is -2.36. The molecule has 2 aliphatic rings. The fourth-order valence-corrected chi connectivity index (χ4v) is 3.64. The van der Waals surface area contributed by atoms with E-state index in [0.29, 0.717) is 51.4 Å². The first kappa shape index (κ1) is 20.6. The quantitative estimate of drug-likeness (QED) is 0.793. The first-order valence-corrected chi connectivity index (χ1v) is 9.93. The number of alkyl halides is 2. The molecular weight excluding hydrogens is 396 g/mol. The fourth-order valence-electron chi connectivity index (χ4n) is 3.64. The lowest BCUT2D eigenvalue weighted by atomic mass is 10.1. The summed E-state index contributed by atoms with van der Waals surface area (Å²) in [5.41, 5.74) is 5.52. The van der Waals surface area contributed by atoms with Gasteiger partial charge in [0, 0.05) is 30.4 Å². The second-order valence-electron chi connectivity index (χ2n) is 7.49. The predicted octanol–water partition coefficient (Wildman–Crippen LogP) is 1.90. The molecule has 2 aromatic heterocycles. The number of rotatable bonds is 4. The topological polar surface area (TPSA) is 103 Å². The molecule has 11 heteroatoms. The van der Waals surface area contributed by atoms with Gasteiger partial charge in [-0.1, -0.05) is 0 Å². The Balaban J connectivity index is 1.84. The summed E-state index contributed by atoms with van der Waals surface area (Å²) >= 11 is 0. The van der Waals surface area contributed by atoms with Gasteiger partial charge >= 0.3 is 0 Å². The molecule has 2 saturated heterocycles. The summed E-state index contributed by atoms with van der Waals surface area (Å²) in [6, 6.07) is 1.25. The molecule has 2 aromatic rings. The van der Waals surface area contributed by atoms with Crippen molar-refractivity contribution in [2.75, 3.05) is 55.1 Å². The van der Waals surface area contributed by atoms with Crippen molar-refractivity contribution in [3.8, 4) is 11.4 Å². The molecule has 0 unspecified atom stereocenters. The number of ether oxygens (including phenoxy) is 2. The van der Waals surface area contributed by atoms with Crippen molar-refractivity contribution < 1.29 is 18.3 Å². The SMILES string of the molecule is C[C@H]1COCCN1c1nc(-c2cnc(N)cc2C(F)F)nc(N2CCOC[C@@H]2C)n1. The molecule has 4 rings (SSSR count). The van der Waals surface area contributed by atoms with Crippen molar-refractivity contribution in [1.82, 2.24) is 19.9 Å². The molecule has 0 spiro atoms. The van der Waals surface area contributed by atoms with E-state index in [1.165, 1.54) is 6.20 Å². The van der Waals surface area contributed by atoms with Gasteiger partial charge in [0.25, 0.3) is 6.43 Å². The fraction of sp³-hybridized carbons (Fsp3) is 0.579. The first-order valence-electron chi connectivity index (χ1n) is 9.93. The number of morpholine rings is 2. The van der Waals surface area contributed by atoms with E-state index in [4.69, 9.17) is 15.2 Å². The summed E-state index contributed by atoms with van der Waals surface area (Å²) < 4.78 is 38.5. The summed E-state index contributed by atoms with van der Waals surface area (Å²) in [5.74, 6) is 1.03. The van der Waals surface area contributed by atoms with Crippen molar-refractivity contribution in [2.45, 2.75) is 32.4 Å². The third-order valence-corrected chi connectivity index (χ3v) is 5.29. The van der Waals surface area contributed by atoms with Gasteiger partial charge in [-0.15, -0.1) is 0 Å². The lowest BCUT2D eigenvalue weighted by Crippen LogP contribution is -2.46. The first-order chi connectivity index (χ1) is 14.4. The number of aromatic nitrogens is 4. The van der Waals surface area contributed by atoms with Gasteiger partial charge in [-0.05, 0) is 19.9 Å². The normalized spacial score (nSPS) is 22.6. The Morgan fingerprint density at radius 1 is 1.00 bits per heavy atom. The zero-order valence-electron chi connectivity index (χ0n) is 17.0. The molecule has 0 bridgehead atoms. The smallest absolute Gasteiger partial charge is 0.264 e. The zero-order chi connectivity index (χ0) is 21.3. The van der Waals surface area contributed by atoms with Crippen LogP contribution in [0.15, 0.2) is 12.3 Å². The van der Waals surface area contributed by atoms with Gasteiger partial charge in [-0.2, -0.15) is 15.0 Å². The highest BCUT2D eigenvalue weighted by molar-refractivity contribution is 5.64. The number of nitrogen functional groups attached to an aromatic ring is 1. The van der Waals surface area contributed by atoms with Gasteiger partial charge in [-0.25, -0.2) is 13.8 Å². The van der Waals surface area contributed by atoms with Crippen LogP contribution in [0.2, 0.25) is 0 Å². The van der Waals surface area contributed by atoms with Crippen LogP contribution in [0.5, 0.6) is 0 Å². The molecule has 0 amide bonds. The van der Waals surface area contributed by atoms with Crippen LogP contribution in [0.3, 0.4) is 0 Å². The number of hydrogen-bond donors (Lipinski definition) is 1. The highest BCUT2D eigenvalue weighted by atomic mass is 19.3. The van der Waals surface area contributed by atoms with Crippen LogP contribution in [0.4, 0.5) is 26.5 Å². The molecule has 0 aliphatic carbocycles. The van der Waals surface area contributed by atoms with Crippen LogP contribution in [0.25, 0.3) is 11.4 Å². The van der Waals surface area contributed by atoms with Crippen molar-refractivity contribution in [3.63, 3.8) is 0 Å². The maximum atomic E-state index is 13.7. The van der Waals surface area contributed by atoms with Crippen LogP contribution < -0.4 is 15.5 Å². The van der Waals surface area contributed by atoms with Crippen molar-refractivity contribution in [1.29, 1.82) is 0 Å². The van der Waals surface area contributed by atoms with Gasteiger partial charge < -0.3 is 25.0 Å². The molecule has 0 radical (unpaired) electrons. The number of anilines is 3. The second kappa shape index (κ2) is 8.60. The van der Waals surface area contributed by atoms with Crippen LogP contribution >= 0.6 is 0 Å². The molecule has 9 nitrogen and oxygen atoms in total. The van der Waals surface area contributed by atoms with Gasteiger partial charge in [0.1, 0.15) is 5.82 Å². The number of nitrogens with two attached hydrogens (primary N) is 1. The maximum Gasteiger partial charge on any atom is 0.264 e. The Hall–Kier alpha value is -2.66. The Labute approximate surface area is 173 Å². The summed E-state index contributed by atoms with van der Waals surface area (Å²) in [5, 5.41) is 0. The highest BCUT2D eigenvalue weighted by Crippen LogP contribution is 2.32. The molecule has 2 fully saturated rings. The van der Waals surface area contributed by atoms with E-state index in [-0.39, 0.29) is 34.9 Å². The molecule has 0 saturated carbocycles. The number of hydrogen-bond acceptors (Lipinski definition) is 9. The van der Waals surface area contributed by atoms with E-state index in [1.807, 2.05) is 23.6 Å². The summed E-state index contributed by atoms with van der Waals surface area (Å²) in [6.45, 7) is 7.38. The van der Waals surface area contributed by atoms with Crippen LogP contribution in [0.1, 0.15) is 25.8 Å². The Bertz CT molecular complexity index is 861. The van der Waals surface area contributed by atoms with Gasteiger partial charge in [0.2, 0.25) is 11.9 Å². The van der Waals surface area contributed by atoms with E-state index < -0.39 is 6.43 Å². The monoisotopic (exact) mass is 421 g/mol. The van der Waals surface area contributed by atoms with Crippen LogP contribution in [0, 0.1) is 0 Å². The third-order valence-electron chi connectivity index (χ3n) is 5.29. The zero-order valence-corrected chi connectivity index (χ0v) is 17.0. The van der Waals surface area contributed by atoms with Gasteiger partial charge in [0.05, 0.1) is 38.5 Å². The van der Waals surface area contributed by atoms with Crippen LogP contribution in [-0.2, 0) is 9.47 Å². The van der Waals surface area contributed by atoms with E-state index in [0.717, 1.165) is 6.07 Å². The maximum absolute atomic E-state index is 13.7. The van der Waals surface area contributed by atoms with Gasteiger partial charge in [-0.3, -0.25) is 0 Å². The van der Waals surface area contributed by atoms with Crippen LogP contribution in [-0.4, -0.2) is 71.5 Å². The van der Waals surface area contributed by atoms with Crippen molar-refractivity contribution in [3.05, 3.63) is 17.8 Å². The van der Waals surface area contributed by atoms with E-state index in [1.54, 1.807) is 0 Å². The molecule has 2 atom stereocenters. The minimum atomic E-state index is -2.74. The predicted molar refractivity (Wildman–Crippen MR) is 108 cm³/mol. The molecule has 30 heavy (non-hydrogen) atoms. The number of nitrogens with zero attached hydrogens (tertiary/aromatic N) is 6. The standard InChI is InChI=1S/C19H25F2N7O2/c1-11-9-29-5-3-27(11)18-24-17(14-8-23-15(22)7-13(14)16(20)21)25-19(26-18)28-4-6-30-10-12(28)2/h7-8,11-12,16H,3-6,9-10H2,1-2H3,(H2,22,23)/t11-,12-/m0/s1. The summed E-state index contributed by atoms with van der Waals surface area (Å²) in [4.78, 5) is 21.8.